The number of hydrogen-bond donors (Lipinski definition) is 0. The third-order valence-corrected chi connectivity index (χ3v) is 3.91. The molecule has 108 valence electrons. The summed E-state index contributed by atoms with van der Waals surface area (Å²) in [5.74, 6) is 0.187. The molecule has 0 amide bonds. The zero-order valence-corrected chi connectivity index (χ0v) is 11.9. The quantitative estimate of drug-likeness (QED) is 0.493. The van der Waals surface area contributed by atoms with Crippen LogP contribution >= 0.6 is 11.6 Å². The summed E-state index contributed by atoms with van der Waals surface area (Å²) in [6, 6.07) is 10.0. The highest BCUT2D eigenvalue weighted by atomic mass is 35.5. The maximum atomic E-state index is 12.4. The number of aromatic nitrogens is 1. The first-order valence-electron chi connectivity index (χ1n) is 6.67. The summed E-state index contributed by atoms with van der Waals surface area (Å²) in [6.07, 6.45) is 1.96. The van der Waals surface area contributed by atoms with Crippen LogP contribution in [0.2, 0.25) is 0 Å². The second kappa shape index (κ2) is 5.33. The zero-order chi connectivity index (χ0) is 15.0. The summed E-state index contributed by atoms with van der Waals surface area (Å²) in [7, 11) is 0. The Hall–Kier alpha value is -2.14. The third kappa shape index (κ3) is 2.56. The van der Waals surface area contributed by atoms with E-state index in [9.17, 15) is 14.9 Å². The van der Waals surface area contributed by atoms with E-state index in [2.05, 4.69) is 0 Å². The van der Waals surface area contributed by atoms with Crippen LogP contribution in [0.5, 0.6) is 0 Å². The molecule has 0 saturated heterocycles. The molecule has 0 N–H and O–H groups in total. The van der Waals surface area contributed by atoms with Crippen molar-refractivity contribution in [1.82, 2.24) is 4.57 Å². The van der Waals surface area contributed by atoms with Gasteiger partial charge in [-0.15, -0.1) is 11.6 Å². The summed E-state index contributed by atoms with van der Waals surface area (Å²) < 4.78 is 1.76. The van der Waals surface area contributed by atoms with Gasteiger partial charge in [0.1, 0.15) is 0 Å². The average Bonchev–Trinajstić information content (AvgIpc) is 3.31. The Morgan fingerprint density at radius 1 is 1.19 bits per heavy atom. The van der Waals surface area contributed by atoms with Crippen molar-refractivity contribution in [3.63, 3.8) is 0 Å². The van der Waals surface area contributed by atoms with E-state index in [1.54, 1.807) is 22.8 Å². The number of halogens is 1. The molecule has 1 fully saturated rings. The fourth-order valence-electron chi connectivity index (χ4n) is 2.38. The van der Waals surface area contributed by atoms with E-state index in [0.29, 0.717) is 5.56 Å². The summed E-state index contributed by atoms with van der Waals surface area (Å²) in [6.45, 7) is 0. The second-order valence-corrected chi connectivity index (χ2v) is 5.36. The summed E-state index contributed by atoms with van der Waals surface area (Å²) in [5.41, 5.74) is 2.13. The first kappa shape index (κ1) is 13.8. The molecule has 2 aromatic rings. The molecule has 0 spiro atoms. The van der Waals surface area contributed by atoms with E-state index in [-0.39, 0.29) is 23.2 Å². The Kier molecular flexibility index (Phi) is 3.51. The van der Waals surface area contributed by atoms with Crippen LogP contribution in [0.25, 0.3) is 11.3 Å². The van der Waals surface area contributed by atoms with E-state index in [0.717, 1.165) is 24.1 Å². The lowest BCUT2D eigenvalue weighted by Crippen LogP contribution is -2.23. The van der Waals surface area contributed by atoms with E-state index < -0.39 is 4.92 Å². The predicted octanol–water partition coefficient (Wildman–Crippen LogP) is 3.50. The number of nitro groups is 1. The number of rotatable bonds is 4. The lowest BCUT2D eigenvalue weighted by Gasteiger charge is -2.13. The minimum Gasteiger partial charge on any atom is -0.305 e. The van der Waals surface area contributed by atoms with Crippen LogP contribution in [-0.2, 0) is 5.88 Å². The second-order valence-electron chi connectivity index (χ2n) is 5.09. The molecule has 0 bridgehead atoms. The number of benzene rings is 1. The molecular weight excluding hydrogens is 292 g/mol. The largest absolute Gasteiger partial charge is 0.305 e. The van der Waals surface area contributed by atoms with Crippen molar-refractivity contribution >= 4 is 17.3 Å². The molecule has 1 aromatic heterocycles. The van der Waals surface area contributed by atoms with Crippen LogP contribution < -0.4 is 5.56 Å². The van der Waals surface area contributed by atoms with Gasteiger partial charge in [0.15, 0.2) is 0 Å². The van der Waals surface area contributed by atoms with Crippen LogP contribution in [0.4, 0.5) is 5.69 Å². The van der Waals surface area contributed by atoms with Gasteiger partial charge in [-0.05, 0) is 36.6 Å². The highest BCUT2D eigenvalue weighted by molar-refractivity contribution is 6.17. The lowest BCUT2D eigenvalue weighted by molar-refractivity contribution is -0.384. The van der Waals surface area contributed by atoms with Crippen molar-refractivity contribution in [2.24, 2.45) is 0 Å². The molecular formula is C15H13ClN2O3. The molecule has 6 heteroatoms. The number of non-ortho nitro benzene ring substituents is 1. The lowest BCUT2D eigenvalue weighted by atomic mass is 10.1. The molecule has 3 rings (SSSR count). The highest BCUT2D eigenvalue weighted by Crippen LogP contribution is 2.37. The van der Waals surface area contributed by atoms with Crippen molar-refractivity contribution in [3.05, 3.63) is 62.4 Å². The smallest absolute Gasteiger partial charge is 0.269 e. The monoisotopic (exact) mass is 304 g/mol. The summed E-state index contributed by atoms with van der Waals surface area (Å²) >= 11 is 5.79. The molecule has 0 unspecified atom stereocenters. The predicted molar refractivity (Wildman–Crippen MR) is 80.6 cm³/mol. The zero-order valence-electron chi connectivity index (χ0n) is 11.2. The van der Waals surface area contributed by atoms with Crippen molar-refractivity contribution in [2.45, 2.75) is 24.8 Å². The molecule has 0 atom stereocenters. The Labute approximate surface area is 125 Å². The Bertz CT molecular complexity index is 749. The van der Waals surface area contributed by atoms with Gasteiger partial charge in [-0.1, -0.05) is 6.07 Å². The first-order valence-corrected chi connectivity index (χ1v) is 7.20. The fraction of sp³-hybridized carbons (Fsp3) is 0.267. The van der Waals surface area contributed by atoms with Crippen molar-refractivity contribution in [1.29, 1.82) is 0 Å². The van der Waals surface area contributed by atoms with Gasteiger partial charge in [0, 0.05) is 23.7 Å². The van der Waals surface area contributed by atoms with Crippen molar-refractivity contribution in [3.8, 4) is 11.3 Å². The first-order chi connectivity index (χ1) is 10.1. The average molecular weight is 305 g/mol. The minimum absolute atomic E-state index is 0.0384. The Morgan fingerprint density at radius 3 is 2.38 bits per heavy atom. The standard InChI is InChI=1S/C15H13ClN2O3/c16-9-11-3-8-14(17(15(11)19)12-6-7-12)10-1-4-13(5-2-10)18(20)21/h1-5,8,12H,6-7,9H2. The number of nitrogens with zero attached hydrogens (tertiary/aromatic N) is 2. The third-order valence-electron chi connectivity index (χ3n) is 3.63. The van der Waals surface area contributed by atoms with Crippen molar-refractivity contribution in [2.75, 3.05) is 0 Å². The minimum atomic E-state index is -0.436. The van der Waals surface area contributed by atoms with Crippen LogP contribution in [-0.4, -0.2) is 9.49 Å². The number of alkyl halides is 1. The molecule has 0 aliphatic heterocycles. The van der Waals surface area contributed by atoms with E-state index >= 15 is 0 Å². The molecule has 0 radical (unpaired) electrons. The van der Waals surface area contributed by atoms with Gasteiger partial charge in [0.05, 0.1) is 16.5 Å². The fourth-order valence-corrected chi connectivity index (χ4v) is 2.58. The van der Waals surface area contributed by atoms with Gasteiger partial charge >= 0.3 is 0 Å². The number of nitro benzene ring substituents is 1. The molecule has 1 aliphatic carbocycles. The molecule has 1 aliphatic rings. The van der Waals surface area contributed by atoms with Gasteiger partial charge in [-0.3, -0.25) is 14.9 Å². The van der Waals surface area contributed by atoms with Gasteiger partial charge < -0.3 is 4.57 Å². The molecule has 1 heterocycles. The molecule has 1 aromatic carbocycles. The van der Waals surface area contributed by atoms with Gasteiger partial charge in [-0.25, -0.2) is 0 Å². The summed E-state index contributed by atoms with van der Waals surface area (Å²) in [5, 5.41) is 10.7. The van der Waals surface area contributed by atoms with Crippen LogP contribution in [0.1, 0.15) is 24.4 Å². The molecule has 5 nitrogen and oxygen atoms in total. The van der Waals surface area contributed by atoms with Crippen LogP contribution in [0.15, 0.2) is 41.2 Å². The molecule has 21 heavy (non-hydrogen) atoms. The topological polar surface area (TPSA) is 65.1 Å². The Morgan fingerprint density at radius 2 is 1.86 bits per heavy atom. The van der Waals surface area contributed by atoms with Crippen LogP contribution in [0, 0.1) is 10.1 Å². The Balaban J connectivity index is 2.11. The van der Waals surface area contributed by atoms with E-state index in [1.165, 1.54) is 12.1 Å². The van der Waals surface area contributed by atoms with Gasteiger partial charge in [0.2, 0.25) is 0 Å². The normalized spacial score (nSPS) is 14.1. The van der Waals surface area contributed by atoms with Gasteiger partial charge in [-0.2, -0.15) is 0 Å². The highest BCUT2D eigenvalue weighted by Gasteiger charge is 2.27. The summed E-state index contributed by atoms with van der Waals surface area (Å²) in [4.78, 5) is 22.7. The van der Waals surface area contributed by atoms with Crippen LogP contribution in [0.3, 0.4) is 0 Å². The maximum Gasteiger partial charge on any atom is 0.269 e. The SMILES string of the molecule is O=c1c(CCl)ccc(-c2ccc([N+](=O)[O-])cc2)n1C1CC1. The van der Waals surface area contributed by atoms with Gasteiger partial charge in [0.25, 0.3) is 11.2 Å². The number of pyridine rings is 1. The maximum absolute atomic E-state index is 12.4. The van der Waals surface area contributed by atoms with E-state index in [4.69, 9.17) is 11.6 Å². The molecule has 1 saturated carbocycles. The van der Waals surface area contributed by atoms with Crippen molar-refractivity contribution < 1.29 is 4.92 Å². The van der Waals surface area contributed by atoms with E-state index in [1.807, 2.05) is 6.07 Å². The number of hydrogen-bond acceptors (Lipinski definition) is 3.